The Hall–Kier alpha value is -0.870. The van der Waals surface area contributed by atoms with Crippen LogP contribution in [-0.4, -0.2) is 34.9 Å². The summed E-state index contributed by atoms with van der Waals surface area (Å²) in [4.78, 5) is 11.8. The molecule has 4 heteroatoms. The van der Waals surface area contributed by atoms with Crippen LogP contribution in [0.25, 0.3) is 0 Å². The van der Waals surface area contributed by atoms with Crippen molar-refractivity contribution in [1.29, 1.82) is 0 Å². The Balaban J connectivity index is 3.29. The standard InChI is InChI=1S/C40H79NO3/c1-3-5-7-8-9-10-11-12-13-14-15-16-17-18-19-20-21-22-23-24-25-26-27-28-29-30-31-32-33-34-35-39(43)38(37-42)41-40(44)36-6-4-2/h34-35,38-39,42-43H,3-33,36-37H2,1-2H3,(H,41,44)/b35-34+. The van der Waals surface area contributed by atoms with Crippen LogP contribution in [0.5, 0.6) is 0 Å². The van der Waals surface area contributed by atoms with Gasteiger partial charge in [0.15, 0.2) is 0 Å². The molecule has 0 aromatic rings. The van der Waals surface area contributed by atoms with Gasteiger partial charge in [0.25, 0.3) is 0 Å². The SMILES string of the molecule is CCCCCCCCCCCCCCCCCCCCCCCCCCCCCC/C=C/C(O)C(CO)NC(=O)CCCC. The highest BCUT2D eigenvalue weighted by Gasteiger charge is 2.17. The topological polar surface area (TPSA) is 69.6 Å². The summed E-state index contributed by atoms with van der Waals surface area (Å²) in [6.45, 7) is 4.09. The van der Waals surface area contributed by atoms with Gasteiger partial charge in [-0.1, -0.05) is 206 Å². The first-order valence-electron chi connectivity index (χ1n) is 19.9. The number of unbranched alkanes of at least 4 members (excludes halogenated alkanes) is 29. The van der Waals surface area contributed by atoms with Crippen LogP contribution in [-0.2, 0) is 4.79 Å². The predicted molar refractivity (Wildman–Crippen MR) is 193 cm³/mol. The Morgan fingerprint density at radius 2 is 0.841 bits per heavy atom. The Bertz CT molecular complexity index is 593. The van der Waals surface area contributed by atoms with Gasteiger partial charge in [-0.15, -0.1) is 0 Å². The van der Waals surface area contributed by atoms with Gasteiger partial charge < -0.3 is 15.5 Å². The number of nitrogens with one attached hydrogen (secondary N) is 1. The molecule has 0 aliphatic rings. The minimum atomic E-state index is -0.829. The molecule has 262 valence electrons. The first-order chi connectivity index (χ1) is 21.7. The molecule has 0 aromatic heterocycles. The van der Waals surface area contributed by atoms with Gasteiger partial charge in [0.2, 0.25) is 5.91 Å². The smallest absolute Gasteiger partial charge is 0.220 e. The Morgan fingerprint density at radius 3 is 1.16 bits per heavy atom. The minimum Gasteiger partial charge on any atom is -0.394 e. The summed E-state index contributed by atoms with van der Waals surface area (Å²) in [6, 6.07) is -0.612. The number of carbonyl (C=O) groups excluding carboxylic acids is 1. The molecule has 0 aromatic carbocycles. The van der Waals surface area contributed by atoms with Gasteiger partial charge in [0, 0.05) is 6.42 Å². The van der Waals surface area contributed by atoms with Gasteiger partial charge in [0.05, 0.1) is 18.8 Å². The van der Waals surface area contributed by atoms with E-state index in [1.165, 1.54) is 173 Å². The number of rotatable bonds is 36. The summed E-state index contributed by atoms with van der Waals surface area (Å²) in [6.07, 6.45) is 45.7. The van der Waals surface area contributed by atoms with Crippen LogP contribution >= 0.6 is 0 Å². The average Bonchev–Trinajstić information content (AvgIpc) is 3.03. The van der Waals surface area contributed by atoms with E-state index in [0.717, 1.165) is 25.7 Å². The van der Waals surface area contributed by atoms with Crippen LogP contribution in [0, 0.1) is 0 Å². The number of amides is 1. The lowest BCUT2D eigenvalue weighted by Crippen LogP contribution is -2.45. The Morgan fingerprint density at radius 1 is 0.523 bits per heavy atom. The van der Waals surface area contributed by atoms with Gasteiger partial charge in [-0.05, 0) is 19.3 Å². The van der Waals surface area contributed by atoms with Crippen LogP contribution in [0.2, 0.25) is 0 Å². The second-order valence-electron chi connectivity index (χ2n) is 13.7. The largest absolute Gasteiger partial charge is 0.394 e. The molecule has 44 heavy (non-hydrogen) atoms. The molecule has 0 aliphatic carbocycles. The van der Waals surface area contributed by atoms with E-state index in [1.807, 2.05) is 13.0 Å². The van der Waals surface area contributed by atoms with Crippen molar-refractivity contribution in [2.75, 3.05) is 6.61 Å². The molecule has 0 rings (SSSR count). The second kappa shape index (κ2) is 36.6. The van der Waals surface area contributed by atoms with E-state index in [2.05, 4.69) is 12.2 Å². The molecule has 0 bridgehead atoms. The van der Waals surface area contributed by atoms with Gasteiger partial charge in [-0.25, -0.2) is 0 Å². The van der Waals surface area contributed by atoms with Crippen molar-refractivity contribution in [3.05, 3.63) is 12.2 Å². The Labute approximate surface area is 276 Å². The Kier molecular flexibility index (Phi) is 35.9. The lowest BCUT2D eigenvalue weighted by Gasteiger charge is -2.19. The summed E-state index contributed by atoms with van der Waals surface area (Å²) in [5.41, 5.74) is 0. The van der Waals surface area contributed by atoms with Crippen LogP contribution in [0.3, 0.4) is 0 Å². The molecule has 0 saturated carbocycles. The fourth-order valence-electron chi connectivity index (χ4n) is 6.16. The lowest BCUT2D eigenvalue weighted by atomic mass is 10.0. The van der Waals surface area contributed by atoms with Gasteiger partial charge in [0.1, 0.15) is 0 Å². The zero-order valence-electron chi connectivity index (χ0n) is 29.9. The predicted octanol–water partition coefficient (Wildman–Crippen LogP) is 11.9. The van der Waals surface area contributed by atoms with Crippen molar-refractivity contribution in [1.82, 2.24) is 5.32 Å². The van der Waals surface area contributed by atoms with Crippen molar-refractivity contribution >= 4 is 5.91 Å². The second-order valence-corrected chi connectivity index (χ2v) is 13.7. The summed E-state index contributed by atoms with van der Waals surface area (Å²) in [5.74, 6) is -0.0981. The summed E-state index contributed by atoms with van der Waals surface area (Å²) < 4.78 is 0. The molecule has 1 amide bonds. The average molecular weight is 622 g/mol. The number of hydrogen-bond acceptors (Lipinski definition) is 3. The monoisotopic (exact) mass is 622 g/mol. The summed E-state index contributed by atoms with van der Waals surface area (Å²) in [7, 11) is 0. The zero-order valence-corrected chi connectivity index (χ0v) is 29.9. The molecule has 0 spiro atoms. The van der Waals surface area contributed by atoms with Crippen molar-refractivity contribution < 1.29 is 15.0 Å². The fourth-order valence-corrected chi connectivity index (χ4v) is 6.16. The van der Waals surface area contributed by atoms with Crippen LogP contribution in [0.15, 0.2) is 12.2 Å². The molecule has 0 radical (unpaired) electrons. The van der Waals surface area contributed by atoms with Gasteiger partial charge >= 0.3 is 0 Å². The zero-order chi connectivity index (χ0) is 32.2. The first kappa shape index (κ1) is 43.1. The molecule has 3 N–H and O–H groups in total. The molecule has 2 atom stereocenters. The molecule has 2 unspecified atom stereocenters. The highest BCUT2D eigenvalue weighted by Crippen LogP contribution is 2.16. The van der Waals surface area contributed by atoms with E-state index < -0.39 is 12.1 Å². The number of hydrogen-bond donors (Lipinski definition) is 3. The van der Waals surface area contributed by atoms with Crippen LogP contribution in [0.4, 0.5) is 0 Å². The number of aliphatic hydroxyl groups excluding tert-OH is 2. The van der Waals surface area contributed by atoms with Crippen molar-refractivity contribution in [3.63, 3.8) is 0 Å². The number of carbonyl (C=O) groups is 1. The van der Waals surface area contributed by atoms with Crippen molar-refractivity contribution in [3.8, 4) is 0 Å². The van der Waals surface area contributed by atoms with E-state index in [4.69, 9.17) is 0 Å². The highest BCUT2D eigenvalue weighted by molar-refractivity contribution is 5.76. The maximum absolute atomic E-state index is 11.8. The molecule has 0 heterocycles. The van der Waals surface area contributed by atoms with Gasteiger partial charge in [-0.3, -0.25) is 4.79 Å². The third kappa shape index (κ3) is 32.5. The molecular weight excluding hydrogens is 542 g/mol. The van der Waals surface area contributed by atoms with E-state index in [9.17, 15) is 15.0 Å². The van der Waals surface area contributed by atoms with Gasteiger partial charge in [-0.2, -0.15) is 0 Å². The van der Waals surface area contributed by atoms with E-state index in [0.29, 0.717) is 6.42 Å². The van der Waals surface area contributed by atoms with Crippen molar-refractivity contribution in [2.24, 2.45) is 0 Å². The first-order valence-corrected chi connectivity index (χ1v) is 19.9. The maximum Gasteiger partial charge on any atom is 0.220 e. The minimum absolute atomic E-state index is 0.0981. The number of aliphatic hydroxyl groups is 2. The van der Waals surface area contributed by atoms with E-state index in [1.54, 1.807) is 6.08 Å². The summed E-state index contributed by atoms with van der Waals surface area (Å²) in [5, 5.41) is 22.4. The molecule has 0 aliphatic heterocycles. The van der Waals surface area contributed by atoms with E-state index in [-0.39, 0.29) is 12.5 Å². The van der Waals surface area contributed by atoms with E-state index >= 15 is 0 Å². The lowest BCUT2D eigenvalue weighted by molar-refractivity contribution is -0.123. The highest BCUT2D eigenvalue weighted by atomic mass is 16.3. The summed E-state index contributed by atoms with van der Waals surface area (Å²) >= 11 is 0. The van der Waals surface area contributed by atoms with Crippen molar-refractivity contribution in [2.45, 2.75) is 231 Å². The third-order valence-electron chi connectivity index (χ3n) is 9.27. The molecule has 4 nitrogen and oxygen atoms in total. The number of allylic oxidation sites excluding steroid dienone is 1. The normalized spacial score (nSPS) is 13.1. The van der Waals surface area contributed by atoms with Crippen LogP contribution < -0.4 is 5.32 Å². The quantitative estimate of drug-likeness (QED) is 0.0481. The molecule has 0 saturated heterocycles. The molecular formula is C40H79NO3. The third-order valence-corrected chi connectivity index (χ3v) is 9.27. The van der Waals surface area contributed by atoms with Crippen LogP contribution in [0.1, 0.15) is 219 Å². The maximum atomic E-state index is 11.8. The molecule has 0 fully saturated rings. The fraction of sp³-hybridized carbons (Fsp3) is 0.925.